The van der Waals surface area contributed by atoms with Crippen LogP contribution < -0.4 is 5.32 Å². The number of benzene rings is 1. The molecule has 0 saturated carbocycles. The Morgan fingerprint density at radius 3 is 2.76 bits per heavy atom. The Balaban J connectivity index is 1.66. The van der Waals surface area contributed by atoms with Crippen molar-refractivity contribution >= 4 is 5.84 Å². The molecule has 1 aliphatic heterocycles. The second-order valence-corrected chi connectivity index (χ2v) is 5.14. The van der Waals surface area contributed by atoms with Crippen LogP contribution in [0.4, 0.5) is 0 Å². The van der Waals surface area contributed by atoms with Gasteiger partial charge in [-0.05, 0) is 43.2 Å². The van der Waals surface area contributed by atoms with E-state index in [0.717, 1.165) is 19.4 Å². The van der Waals surface area contributed by atoms with Crippen LogP contribution in [-0.2, 0) is 12.8 Å². The van der Waals surface area contributed by atoms with Crippen LogP contribution in [0.15, 0.2) is 29.3 Å². The maximum Gasteiger partial charge on any atom is 0.0965 e. The first kappa shape index (κ1) is 10.8. The van der Waals surface area contributed by atoms with E-state index in [1.807, 2.05) is 0 Å². The monoisotopic (exact) mass is 228 g/mol. The second kappa shape index (κ2) is 4.91. The van der Waals surface area contributed by atoms with E-state index in [1.165, 1.54) is 42.6 Å². The summed E-state index contributed by atoms with van der Waals surface area (Å²) < 4.78 is 0. The summed E-state index contributed by atoms with van der Waals surface area (Å²) >= 11 is 0. The van der Waals surface area contributed by atoms with Gasteiger partial charge in [0.15, 0.2) is 0 Å². The van der Waals surface area contributed by atoms with Gasteiger partial charge in [0.1, 0.15) is 0 Å². The number of nitrogens with zero attached hydrogens (tertiary/aromatic N) is 1. The first-order valence-corrected chi connectivity index (χ1v) is 6.78. The minimum Gasteiger partial charge on any atom is -0.371 e. The molecule has 1 aromatic carbocycles. The maximum absolute atomic E-state index is 4.59. The second-order valence-electron chi connectivity index (χ2n) is 5.14. The molecule has 0 spiro atoms. The van der Waals surface area contributed by atoms with Gasteiger partial charge in [-0.3, -0.25) is 4.99 Å². The molecule has 0 aromatic heterocycles. The fourth-order valence-electron chi connectivity index (χ4n) is 2.87. The number of amidine groups is 1. The smallest absolute Gasteiger partial charge is 0.0965 e. The van der Waals surface area contributed by atoms with Crippen molar-refractivity contribution in [2.75, 3.05) is 6.54 Å². The summed E-state index contributed by atoms with van der Waals surface area (Å²) in [6.45, 7) is 1.02. The molecule has 2 nitrogen and oxygen atoms in total. The van der Waals surface area contributed by atoms with Crippen LogP contribution in [0.25, 0.3) is 0 Å². The molecule has 1 aliphatic carbocycles. The SMILES string of the molecule is c1ccc2c(c1)CCC(NC1=NCCCC1)C2. The minimum absolute atomic E-state index is 0.599. The summed E-state index contributed by atoms with van der Waals surface area (Å²) in [5, 5.41) is 3.65. The summed E-state index contributed by atoms with van der Waals surface area (Å²) in [5.41, 5.74) is 3.06. The lowest BCUT2D eigenvalue weighted by Crippen LogP contribution is -2.39. The van der Waals surface area contributed by atoms with Gasteiger partial charge in [0.25, 0.3) is 0 Å². The number of aryl methyl sites for hydroxylation is 1. The summed E-state index contributed by atoms with van der Waals surface area (Å²) in [5.74, 6) is 1.25. The van der Waals surface area contributed by atoms with Gasteiger partial charge in [0.2, 0.25) is 0 Å². The topological polar surface area (TPSA) is 24.4 Å². The molecule has 0 bridgehead atoms. The number of aliphatic imine (C=N–C) groups is 1. The fourth-order valence-corrected chi connectivity index (χ4v) is 2.87. The number of hydrogen-bond donors (Lipinski definition) is 1. The zero-order chi connectivity index (χ0) is 11.5. The fraction of sp³-hybridized carbons (Fsp3) is 0.533. The minimum atomic E-state index is 0.599. The van der Waals surface area contributed by atoms with Crippen LogP contribution in [0.3, 0.4) is 0 Å². The molecule has 0 fully saturated rings. The number of fused-ring (bicyclic) bond motifs is 1. The molecule has 0 saturated heterocycles. The van der Waals surface area contributed by atoms with Crippen LogP contribution in [0.2, 0.25) is 0 Å². The lowest BCUT2D eigenvalue weighted by atomic mass is 9.88. The van der Waals surface area contributed by atoms with Crippen molar-refractivity contribution in [1.29, 1.82) is 0 Å². The summed E-state index contributed by atoms with van der Waals surface area (Å²) in [4.78, 5) is 4.59. The Morgan fingerprint density at radius 1 is 1.06 bits per heavy atom. The quantitative estimate of drug-likeness (QED) is 0.785. The molecule has 1 aromatic rings. The predicted molar refractivity (Wildman–Crippen MR) is 71.5 cm³/mol. The van der Waals surface area contributed by atoms with E-state index < -0.39 is 0 Å². The molecule has 1 N–H and O–H groups in total. The van der Waals surface area contributed by atoms with E-state index in [-0.39, 0.29) is 0 Å². The Labute approximate surface area is 103 Å². The standard InChI is InChI=1S/C15H20N2/c1-2-6-13-11-14(9-8-12(13)5-1)17-15-7-3-4-10-16-15/h1-2,5-6,14H,3-4,7-11H2,(H,16,17). The van der Waals surface area contributed by atoms with Crippen molar-refractivity contribution in [1.82, 2.24) is 5.32 Å². The van der Waals surface area contributed by atoms with Crippen LogP contribution in [0, 0.1) is 0 Å². The largest absolute Gasteiger partial charge is 0.371 e. The first-order valence-electron chi connectivity index (χ1n) is 6.78. The van der Waals surface area contributed by atoms with E-state index in [9.17, 15) is 0 Å². The molecule has 1 heterocycles. The molecule has 1 unspecified atom stereocenters. The average molecular weight is 228 g/mol. The summed E-state index contributed by atoms with van der Waals surface area (Å²) in [6, 6.07) is 9.44. The van der Waals surface area contributed by atoms with Crippen molar-refractivity contribution in [2.45, 2.75) is 44.6 Å². The van der Waals surface area contributed by atoms with Gasteiger partial charge in [-0.25, -0.2) is 0 Å². The van der Waals surface area contributed by atoms with E-state index >= 15 is 0 Å². The highest BCUT2D eigenvalue weighted by Crippen LogP contribution is 2.21. The van der Waals surface area contributed by atoms with Crippen molar-refractivity contribution < 1.29 is 0 Å². The number of rotatable bonds is 1. The van der Waals surface area contributed by atoms with Gasteiger partial charge in [-0.1, -0.05) is 24.3 Å². The molecule has 0 radical (unpaired) electrons. The Kier molecular flexibility index (Phi) is 3.12. The first-order chi connectivity index (χ1) is 8.42. The number of hydrogen-bond acceptors (Lipinski definition) is 2. The maximum atomic E-state index is 4.59. The highest BCUT2D eigenvalue weighted by atomic mass is 15.0. The van der Waals surface area contributed by atoms with Crippen LogP contribution in [0.1, 0.15) is 36.8 Å². The zero-order valence-electron chi connectivity index (χ0n) is 10.3. The third kappa shape index (κ3) is 2.51. The van der Waals surface area contributed by atoms with Crippen molar-refractivity contribution in [3.05, 3.63) is 35.4 Å². The lowest BCUT2D eigenvalue weighted by molar-refractivity contribution is 0.518. The molecule has 0 amide bonds. The average Bonchev–Trinajstić information content (AvgIpc) is 2.40. The predicted octanol–water partition coefficient (Wildman–Crippen LogP) is 2.72. The zero-order valence-corrected chi connectivity index (χ0v) is 10.3. The normalized spacial score (nSPS) is 23.8. The van der Waals surface area contributed by atoms with Crippen LogP contribution >= 0.6 is 0 Å². The van der Waals surface area contributed by atoms with Crippen molar-refractivity contribution in [3.63, 3.8) is 0 Å². The van der Waals surface area contributed by atoms with E-state index in [4.69, 9.17) is 0 Å². The summed E-state index contributed by atoms with van der Waals surface area (Å²) in [7, 11) is 0. The number of nitrogens with one attached hydrogen (secondary N) is 1. The third-order valence-electron chi connectivity index (χ3n) is 3.84. The Hall–Kier alpha value is -1.31. The molecule has 3 rings (SSSR count). The van der Waals surface area contributed by atoms with Gasteiger partial charge in [-0.15, -0.1) is 0 Å². The van der Waals surface area contributed by atoms with Crippen LogP contribution in [0.5, 0.6) is 0 Å². The Morgan fingerprint density at radius 2 is 1.94 bits per heavy atom. The van der Waals surface area contributed by atoms with Gasteiger partial charge in [0, 0.05) is 19.0 Å². The van der Waals surface area contributed by atoms with Crippen molar-refractivity contribution in [2.24, 2.45) is 4.99 Å². The highest BCUT2D eigenvalue weighted by molar-refractivity contribution is 5.83. The van der Waals surface area contributed by atoms with Crippen molar-refractivity contribution in [3.8, 4) is 0 Å². The van der Waals surface area contributed by atoms with Crippen LogP contribution in [-0.4, -0.2) is 18.4 Å². The highest BCUT2D eigenvalue weighted by Gasteiger charge is 2.19. The van der Waals surface area contributed by atoms with Gasteiger partial charge >= 0.3 is 0 Å². The van der Waals surface area contributed by atoms with E-state index in [2.05, 4.69) is 34.6 Å². The summed E-state index contributed by atoms with van der Waals surface area (Å²) in [6.07, 6.45) is 7.33. The van der Waals surface area contributed by atoms with Gasteiger partial charge in [0.05, 0.1) is 5.84 Å². The molecular formula is C15H20N2. The molecule has 1 atom stereocenters. The lowest BCUT2D eigenvalue weighted by Gasteiger charge is -2.27. The Bertz CT molecular complexity index is 423. The van der Waals surface area contributed by atoms with E-state index in [1.54, 1.807) is 0 Å². The van der Waals surface area contributed by atoms with Gasteiger partial charge in [-0.2, -0.15) is 0 Å². The molecule has 2 heteroatoms. The molecule has 90 valence electrons. The molecule has 17 heavy (non-hydrogen) atoms. The molecular weight excluding hydrogens is 208 g/mol. The van der Waals surface area contributed by atoms with Gasteiger partial charge < -0.3 is 5.32 Å². The van der Waals surface area contributed by atoms with E-state index in [0.29, 0.717) is 6.04 Å². The molecule has 2 aliphatic rings. The third-order valence-corrected chi connectivity index (χ3v) is 3.84.